The van der Waals surface area contributed by atoms with Gasteiger partial charge in [0.1, 0.15) is 11.4 Å². The Balaban J connectivity index is 1.59. The first-order valence-electron chi connectivity index (χ1n) is 9.43. The van der Waals surface area contributed by atoms with Crippen molar-refractivity contribution in [2.75, 3.05) is 0 Å². The molecule has 3 unspecified atom stereocenters. The molecule has 1 saturated carbocycles. The molecule has 1 N–H and O–H groups in total. The van der Waals surface area contributed by atoms with Gasteiger partial charge in [0.05, 0.1) is 17.9 Å². The molecule has 1 amide bonds. The van der Waals surface area contributed by atoms with Gasteiger partial charge in [-0.2, -0.15) is 0 Å². The van der Waals surface area contributed by atoms with Crippen LogP contribution in [0.25, 0.3) is 5.57 Å². The van der Waals surface area contributed by atoms with Crippen molar-refractivity contribution in [3.63, 3.8) is 0 Å². The molecule has 2 aliphatic carbocycles. The van der Waals surface area contributed by atoms with Crippen LogP contribution in [0.3, 0.4) is 0 Å². The van der Waals surface area contributed by atoms with E-state index in [4.69, 9.17) is 4.74 Å². The molecule has 1 aliphatic heterocycles. The number of rotatable bonds is 2. The maximum Gasteiger partial charge on any atom is 0.411 e. The van der Waals surface area contributed by atoms with Crippen LogP contribution in [0.2, 0.25) is 0 Å². The van der Waals surface area contributed by atoms with Crippen molar-refractivity contribution in [1.82, 2.24) is 14.9 Å². The van der Waals surface area contributed by atoms with Crippen molar-refractivity contribution in [2.24, 2.45) is 5.92 Å². The van der Waals surface area contributed by atoms with E-state index < -0.39 is 5.60 Å². The van der Waals surface area contributed by atoms with E-state index in [1.165, 1.54) is 10.1 Å². The molecule has 26 heavy (non-hydrogen) atoms. The van der Waals surface area contributed by atoms with Gasteiger partial charge in [-0.15, -0.1) is 0 Å². The third-order valence-corrected chi connectivity index (χ3v) is 6.17. The van der Waals surface area contributed by atoms with Gasteiger partial charge in [-0.1, -0.05) is 28.1 Å². The Hall–Kier alpha value is -1.56. The highest BCUT2D eigenvalue weighted by molar-refractivity contribution is 9.11. The molecule has 3 aliphatic rings. The van der Waals surface area contributed by atoms with E-state index in [9.17, 15) is 4.79 Å². The molecule has 6 heteroatoms. The molecule has 5 nitrogen and oxygen atoms in total. The lowest BCUT2D eigenvalue weighted by Gasteiger charge is -2.35. The van der Waals surface area contributed by atoms with E-state index in [1.54, 1.807) is 0 Å². The van der Waals surface area contributed by atoms with Crippen molar-refractivity contribution in [2.45, 2.75) is 70.6 Å². The lowest BCUT2D eigenvalue weighted by atomic mass is 9.98. The fourth-order valence-electron chi connectivity index (χ4n) is 4.40. The number of hydrogen-bond acceptors (Lipinski definition) is 3. The summed E-state index contributed by atoms with van der Waals surface area (Å²) < 4.78 is 6.91. The lowest BCUT2D eigenvalue weighted by Crippen LogP contribution is -2.43. The van der Waals surface area contributed by atoms with E-state index >= 15 is 0 Å². The fraction of sp³-hybridized carbons (Fsp3) is 0.600. The topological polar surface area (TPSA) is 58.2 Å². The second kappa shape index (κ2) is 6.55. The number of nitrogens with zero attached hydrogens (tertiary/aromatic N) is 2. The number of carbonyl (C=O) groups is 1. The SMILES string of the molecule is CC(C)(C)OC(=O)N1C2CCC(C2)C1c1ncc(C2=CC=C(Br)CC2)[nH]1. The smallest absolute Gasteiger partial charge is 0.411 e. The number of H-pyrrole nitrogens is 1. The van der Waals surface area contributed by atoms with Crippen LogP contribution in [0.1, 0.15) is 70.4 Å². The van der Waals surface area contributed by atoms with Gasteiger partial charge in [0.25, 0.3) is 0 Å². The van der Waals surface area contributed by atoms with Gasteiger partial charge in [-0.3, -0.25) is 4.90 Å². The number of amides is 1. The second-order valence-corrected chi connectivity index (χ2v) is 9.57. The summed E-state index contributed by atoms with van der Waals surface area (Å²) in [7, 11) is 0. The summed E-state index contributed by atoms with van der Waals surface area (Å²) in [6.45, 7) is 5.75. The van der Waals surface area contributed by atoms with Crippen LogP contribution in [0.15, 0.2) is 22.8 Å². The molecule has 3 atom stereocenters. The molecule has 4 rings (SSSR count). The Morgan fingerprint density at radius 1 is 1.31 bits per heavy atom. The fourth-order valence-corrected chi connectivity index (χ4v) is 4.73. The number of aromatic nitrogens is 2. The van der Waals surface area contributed by atoms with Gasteiger partial charge in [-0.05, 0) is 68.8 Å². The number of halogens is 1. The molecule has 1 saturated heterocycles. The minimum Gasteiger partial charge on any atom is -0.444 e. The van der Waals surface area contributed by atoms with Gasteiger partial charge in [0, 0.05) is 6.04 Å². The molecular formula is C20H26BrN3O2. The quantitative estimate of drug-likeness (QED) is 0.704. The van der Waals surface area contributed by atoms with E-state index in [-0.39, 0.29) is 18.2 Å². The zero-order valence-corrected chi connectivity index (χ0v) is 17.2. The normalized spacial score (nSPS) is 28.2. The number of hydrogen-bond donors (Lipinski definition) is 1. The molecule has 140 valence electrons. The molecule has 1 aromatic rings. The van der Waals surface area contributed by atoms with Crippen LogP contribution >= 0.6 is 15.9 Å². The lowest BCUT2D eigenvalue weighted by molar-refractivity contribution is 0.00619. The second-order valence-electron chi connectivity index (χ2n) is 8.55. The van der Waals surface area contributed by atoms with E-state index in [0.29, 0.717) is 5.92 Å². The standard InChI is InChI=1S/C20H26BrN3O2/c1-20(2,3)26-19(25)24-15-9-6-13(10-15)17(24)18-22-11-16(23-18)12-4-7-14(21)8-5-12/h4,7,11,13,15,17H,5-6,8-10H2,1-3H3,(H,22,23). The van der Waals surface area contributed by atoms with Crippen LogP contribution in [0.4, 0.5) is 4.79 Å². The highest BCUT2D eigenvalue weighted by Gasteiger charge is 2.51. The predicted octanol–water partition coefficient (Wildman–Crippen LogP) is 5.33. The summed E-state index contributed by atoms with van der Waals surface area (Å²) in [5, 5.41) is 0. The van der Waals surface area contributed by atoms with Crippen molar-refractivity contribution in [3.05, 3.63) is 34.3 Å². The van der Waals surface area contributed by atoms with E-state index in [1.807, 2.05) is 31.9 Å². The Morgan fingerprint density at radius 2 is 2.12 bits per heavy atom. The number of nitrogens with one attached hydrogen (secondary N) is 1. The zero-order valence-electron chi connectivity index (χ0n) is 15.6. The third-order valence-electron chi connectivity index (χ3n) is 5.51. The number of carbonyl (C=O) groups excluding carboxylic acids is 1. The Morgan fingerprint density at radius 3 is 2.81 bits per heavy atom. The number of ether oxygens (including phenoxy) is 1. The van der Waals surface area contributed by atoms with Gasteiger partial charge in [0.2, 0.25) is 0 Å². The minimum absolute atomic E-state index is 0.00354. The molecule has 0 spiro atoms. The van der Waals surface area contributed by atoms with Crippen LogP contribution in [-0.2, 0) is 4.74 Å². The van der Waals surface area contributed by atoms with Gasteiger partial charge in [-0.25, -0.2) is 9.78 Å². The molecule has 2 heterocycles. The molecule has 2 fully saturated rings. The van der Waals surface area contributed by atoms with Gasteiger partial charge in [0.15, 0.2) is 0 Å². The first-order chi connectivity index (χ1) is 12.3. The molecule has 1 aromatic heterocycles. The van der Waals surface area contributed by atoms with Crippen LogP contribution in [0.5, 0.6) is 0 Å². The van der Waals surface area contributed by atoms with Crippen LogP contribution in [-0.4, -0.2) is 32.6 Å². The van der Waals surface area contributed by atoms with E-state index in [2.05, 4.69) is 38.0 Å². The highest BCUT2D eigenvalue weighted by Crippen LogP contribution is 2.50. The van der Waals surface area contributed by atoms with Crippen molar-refractivity contribution in [1.29, 1.82) is 0 Å². The number of fused-ring (bicyclic) bond motifs is 2. The van der Waals surface area contributed by atoms with Crippen molar-refractivity contribution >= 4 is 27.6 Å². The van der Waals surface area contributed by atoms with Crippen molar-refractivity contribution in [3.8, 4) is 0 Å². The number of allylic oxidation sites excluding steroid dienone is 4. The van der Waals surface area contributed by atoms with E-state index in [0.717, 1.165) is 43.6 Å². The zero-order chi connectivity index (χ0) is 18.5. The van der Waals surface area contributed by atoms with Crippen molar-refractivity contribution < 1.29 is 9.53 Å². The largest absolute Gasteiger partial charge is 0.444 e. The number of likely N-dealkylation sites (tertiary alicyclic amines) is 1. The minimum atomic E-state index is -0.482. The number of imidazole rings is 1. The average molecular weight is 420 g/mol. The first kappa shape index (κ1) is 17.8. The Bertz CT molecular complexity index is 774. The monoisotopic (exact) mass is 419 g/mol. The maximum atomic E-state index is 12.8. The molecule has 2 bridgehead atoms. The average Bonchev–Trinajstić information content (AvgIpc) is 3.28. The highest BCUT2D eigenvalue weighted by atomic mass is 79.9. The van der Waals surface area contributed by atoms with Gasteiger partial charge >= 0.3 is 6.09 Å². The summed E-state index contributed by atoms with van der Waals surface area (Å²) >= 11 is 3.55. The summed E-state index contributed by atoms with van der Waals surface area (Å²) in [5.41, 5.74) is 1.84. The summed E-state index contributed by atoms with van der Waals surface area (Å²) in [5.74, 6) is 1.37. The maximum absolute atomic E-state index is 12.8. The Labute approximate surface area is 163 Å². The van der Waals surface area contributed by atoms with Crippen LogP contribution < -0.4 is 0 Å². The number of aromatic amines is 1. The third kappa shape index (κ3) is 3.36. The summed E-state index contributed by atoms with van der Waals surface area (Å²) in [6.07, 6.45) is 11.2. The Kier molecular flexibility index (Phi) is 4.49. The molecule has 0 aromatic carbocycles. The number of piperidine rings is 1. The predicted molar refractivity (Wildman–Crippen MR) is 105 cm³/mol. The van der Waals surface area contributed by atoms with Crippen LogP contribution in [0, 0.1) is 5.92 Å². The molecule has 0 radical (unpaired) electrons. The first-order valence-corrected chi connectivity index (χ1v) is 10.2. The summed E-state index contributed by atoms with van der Waals surface area (Å²) in [6, 6.07) is 0.282. The molecular weight excluding hydrogens is 394 g/mol. The van der Waals surface area contributed by atoms with Gasteiger partial charge < -0.3 is 9.72 Å². The summed E-state index contributed by atoms with van der Waals surface area (Å²) in [4.78, 5) is 22.9.